The van der Waals surface area contributed by atoms with Crippen molar-refractivity contribution in [1.82, 2.24) is 4.98 Å². The number of halogens is 2. The normalized spacial score (nSPS) is 12.4. The number of rotatable bonds is 3. The lowest BCUT2D eigenvalue weighted by Crippen LogP contribution is -2.05. The van der Waals surface area contributed by atoms with Crippen molar-refractivity contribution in [3.8, 4) is 0 Å². The molecule has 0 fully saturated rings. The van der Waals surface area contributed by atoms with Crippen LogP contribution in [0.25, 0.3) is 0 Å². The zero-order valence-electron chi connectivity index (χ0n) is 9.90. The minimum Gasteiger partial charge on any atom is -0.388 e. The van der Waals surface area contributed by atoms with Crippen LogP contribution < -0.4 is 0 Å². The molecule has 18 heavy (non-hydrogen) atoms. The van der Waals surface area contributed by atoms with E-state index in [-0.39, 0.29) is 5.82 Å². The largest absolute Gasteiger partial charge is 0.388 e. The van der Waals surface area contributed by atoms with Crippen LogP contribution >= 0.6 is 15.9 Å². The molecule has 2 aromatic rings. The van der Waals surface area contributed by atoms with Crippen LogP contribution in [0, 0.1) is 12.7 Å². The van der Waals surface area contributed by atoms with Crippen LogP contribution in [0.3, 0.4) is 0 Å². The van der Waals surface area contributed by atoms with Gasteiger partial charge in [-0.3, -0.25) is 4.98 Å². The molecule has 1 N–H and O–H groups in total. The Bertz CT molecular complexity index is 559. The number of pyridine rings is 1. The highest BCUT2D eigenvalue weighted by Gasteiger charge is 2.14. The minimum atomic E-state index is -0.661. The van der Waals surface area contributed by atoms with E-state index in [0.29, 0.717) is 10.9 Å². The Morgan fingerprint density at radius 3 is 2.89 bits per heavy atom. The van der Waals surface area contributed by atoms with Gasteiger partial charge in [0.25, 0.3) is 0 Å². The molecular weight excluding hydrogens is 297 g/mol. The topological polar surface area (TPSA) is 33.1 Å². The second-order valence-corrected chi connectivity index (χ2v) is 4.96. The maximum Gasteiger partial charge on any atom is 0.137 e. The summed E-state index contributed by atoms with van der Waals surface area (Å²) in [6.07, 6.45) is 3.06. The van der Waals surface area contributed by atoms with Gasteiger partial charge in [-0.1, -0.05) is 12.1 Å². The van der Waals surface area contributed by atoms with Crippen LogP contribution in [-0.2, 0) is 6.42 Å². The van der Waals surface area contributed by atoms with Crippen molar-refractivity contribution >= 4 is 15.9 Å². The molecule has 0 amide bonds. The standard InChI is InChI=1S/C14H13BrFNO/c1-9-8-17-6-5-11(9)13(18)7-10-3-2-4-12(16)14(10)15/h2-6,8,13,18H,7H2,1H3. The van der Waals surface area contributed by atoms with Gasteiger partial charge in [-0.25, -0.2) is 4.39 Å². The van der Waals surface area contributed by atoms with Gasteiger partial charge in [0.15, 0.2) is 0 Å². The van der Waals surface area contributed by atoms with E-state index in [1.807, 2.05) is 6.92 Å². The van der Waals surface area contributed by atoms with Crippen LogP contribution in [0.4, 0.5) is 4.39 Å². The Morgan fingerprint density at radius 2 is 2.17 bits per heavy atom. The molecule has 1 atom stereocenters. The summed E-state index contributed by atoms with van der Waals surface area (Å²) < 4.78 is 13.8. The highest BCUT2D eigenvalue weighted by atomic mass is 79.9. The van der Waals surface area contributed by atoms with Crippen molar-refractivity contribution in [1.29, 1.82) is 0 Å². The number of aromatic nitrogens is 1. The number of aryl methyl sites for hydroxylation is 1. The highest BCUT2D eigenvalue weighted by molar-refractivity contribution is 9.10. The number of benzene rings is 1. The number of hydrogen-bond acceptors (Lipinski definition) is 2. The van der Waals surface area contributed by atoms with Crippen molar-refractivity contribution < 1.29 is 9.50 Å². The smallest absolute Gasteiger partial charge is 0.137 e. The van der Waals surface area contributed by atoms with Gasteiger partial charge in [-0.15, -0.1) is 0 Å². The van der Waals surface area contributed by atoms with E-state index in [9.17, 15) is 9.50 Å². The second kappa shape index (κ2) is 5.59. The molecule has 0 saturated heterocycles. The van der Waals surface area contributed by atoms with Crippen LogP contribution in [-0.4, -0.2) is 10.1 Å². The fraction of sp³-hybridized carbons (Fsp3) is 0.214. The van der Waals surface area contributed by atoms with Gasteiger partial charge in [0.1, 0.15) is 5.82 Å². The summed E-state index contributed by atoms with van der Waals surface area (Å²) in [6, 6.07) is 6.61. The Hall–Kier alpha value is -1.26. The van der Waals surface area contributed by atoms with Gasteiger partial charge < -0.3 is 5.11 Å². The van der Waals surface area contributed by atoms with Gasteiger partial charge in [0, 0.05) is 18.8 Å². The average molecular weight is 310 g/mol. The summed E-state index contributed by atoms with van der Waals surface area (Å²) in [7, 11) is 0. The van der Waals surface area contributed by atoms with Crippen LogP contribution in [0.2, 0.25) is 0 Å². The van der Waals surface area contributed by atoms with Gasteiger partial charge in [0.2, 0.25) is 0 Å². The average Bonchev–Trinajstić information content (AvgIpc) is 2.35. The maximum atomic E-state index is 13.4. The summed E-state index contributed by atoms with van der Waals surface area (Å²) in [5.41, 5.74) is 2.50. The summed E-state index contributed by atoms with van der Waals surface area (Å²) >= 11 is 3.20. The molecule has 4 heteroatoms. The fourth-order valence-corrected chi connectivity index (χ4v) is 2.31. The Labute approximate surface area is 114 Å². The summed E-state index contributed by atoms with van der Waals surface area (Å²) in [5.74, 6) is -0.314. The van der Waals surface area contributed by atoms with E-state index in [1.165, 1.54) is 6.07 Å². The van der Waals surface area contributed by atoms with Crippen LogP contribution in [0.5, 0.6) is 0 Å². The lowest BCUT2D eigenvalue weighted by atomic mass is 9.99. The molecule has 0 aliphatic heterocycles. The third-order valence-corrected chi connectivity index (χ3v) is 3.76. The Balaban J connectivity index is 2.24. The predicted molar refractivity (Wildman–Crippen MR) is 71.7 cm³/mol. The first-order chi connectivity index (χ1) is 8.59. The molecule has 0 aliphatic carbocycles. The van der Waals surface area contributed by atoms with E-state index in [4.69, 9.17) is 0 Å². The number of aliphatic hydroxyl groups excluding tert-OH is 1. The summed E-state index contributed by atoms with van der Waals surface area (Å²) in [6.45, 7) is 1.90. The van der Waals surface area contributed by atoms with Gasteiger partial charge in [0.05, 0.1) is 10.6 Å². The van der Waals surface area contributed by atoms with E-state index < -0.39 is 6.10 Å². The zero-order chi connectivity index (χ0) is 13.1. The first-order valence-corrected chi connectivity index (χ1v) is 6.40. The third kappa shape index (κ3) is 2.76. The fourth-order valence-electron chi connectivity index (χ4n) is 1.88. The molecule has 1 aromatic carbocycles. The van der Waals surface area contributed by atoms with Crippen LogP contribution in [0.15, 0.2) is 41.1 Å². The van der Waals surface area contributed by atoms with Crippen molar-refractivity contribution in [2.24, 2.45) is 0 Å². The van der Waals surface area contributed by atoms with E-state index in [2.05, 4.69) is 20.9 Å². The Kier molecular flexibility index (Phi) is 4.09. The number of nitrogens with zero attached hydrogens (tertiary/aromatic N) is 1. The second-order valence-electron chi connectivity index (χ2n) is 4.17. The molecular formula is C14H13BrFNO. The quantitative estimate of drug-likeness (QED) is 0.940. The third-order valence-electron chi connectivity index (χ3n) is 2.87. The molecule has 2 nitrogen and oxygen atoms in total. The first kappa shape index (κ1) is 13.2. The molecule has 1 heterocycles. The monoisotopic (exact) mass is 309 g/mol. The highest BCUT2D eigenvalue weighted by Crippen LogP contribution is 2.26. The van der Waals surface area contributed by atoms with E-state index >= 15 is 0 Å². The van der Waals surface area contributed by atoms with E-state index in [0.717, 1.165) is 16.7 Å². The first-order valence-electron chi connectivity index (χ1n) is 5.61. The lowest BCUT2D eigenvalue weighted by molar-refractivity contribution is 0.177. The molecule has 2 rings (SSSR count). The van der Waals surface area contributed by atoms with Crippen molar-refractivity contribution in [3.05, 3.63) is 63.6 Å². The number of aliphatic hydroxyl groups is 1. The number of hydrogen-bond donors (Lipinski definition) is 1. The van der Waals surface area contributed by atoms with Crippen LogP contribution in [0.1, 0.15) is 22.8 Å². The molecule has 0 aliphatic rings. The molecule has 0 saturated carbocycles. The predicted octanol–water partition coefficient (Wildman–Crippen LogP) is 3.57. The van der Waals surface area contributed by atoms with Gasteiger partial charge in [-0.2, -0.15) is 0 Å². The van der Waals surface area contributed by atoms with E-state index in [1.54, 1.807) is 30.6 Å². The molecule has 0 radical (unpaired) electrons. The molecule has 0 spiro atoms. The molecule has 1 aromatic heterocycles. The van der Waals surface area contributed by atoms with Gasteiger partial charge in [-0.05, 0) is 51.7 Å². The van der Waals surface area contributed by atoms with Crippen molar-refractivity contribution in [3.63, 3.8) is 0 Å². The van der Waals surface area contributed by atoms with Crippen molar-refractivity contribution in [2.45, 2.75) is 19.4 Å². The Morgan fingerprint density at radius 1 is 1.39 bits per heavy atom. The SMILES string of the molecule is Cc1cnccc1C(O)Cc1cccc(F)c1Br. The lowest BCUT2D eigenvalue weighted by Gasteiger charge is -2.14. The summed E-state index contributed by atoms with van der Waals surface area (Å²) in [5, 5.41) is 10.2. The summed E-state index contributed by atoms with van der Waals surface area (Å²) in [4.78, 5) is 3.99. The van der Waals surface area contributed by atoms with Crippen molar-refractivity contribution in [2.75, 3.05) is 0 Å². The maximum absolute atomic E-state index is 13.4. The zero-order valence-corrected chi connectivity index (χ0v) is 11.5. The minimum absolute atomic E-state index is 0.314. The van der Waals surface area contributed by atoms with Gasteiger partial charge >= 0.3 is 0 Å². The molecule has 94 valence electrons. The molecule has 0 bridgehead atoms. The molecule has 1 unspecified atom stereocenters.